The molecule has 2 rings (SSSR count). The first-order chi connectivity index (χ1) is 8.63. The fourth-order valence-corrected chi connectivity index (χ4v) is 4.88. The molecule has 18 heavy (non-hydrogen) atoms. The van der Waals surface area contributed by atoms with Crippen LogP contribution >= 0.6 is 43.2 Å². The van der Waals surface area contributed by atoms with Crippen LogP contribution in [0.25, 0.3) is 0 Å². The fourth-order valence-electron chi connectivity index (χ4n) is 1.79. The second-order valence-corrected chi connectivity index (χ2v) is 6.96. The SMILES string of the molecule is CCOc1ccccc1C(Br)c1sc(C)cc1Br. The summed E-state index contributed by atoms with van der Waals surface area (Å²) in [7, 11) is 0. The Labute approximate surface area is 128 Å². The number of alkyl halides is 1. The Morgan fingerprint density at radius 3 is 2.67 bits per heavy atom. The number of thiophene rings is 1. The highest BCUT2D eigenvalue weighted by Gasteiger charge is 2.19. The first kappa shape index (κ1) is 14.1. The number of benzene rings is 1. The summed E-state index contributed by atoms with van der Waals surface area (Å²) in [6.07, 6.45) is 0. The van der Waals surface area contributed by atoms with Gasteiger partial charge >= 0.3 is 0 Å². The minimum atomic E-state index is 0.160. The number of ether oxygens (including phenoxy) is 1. The normalized spacial score (nSPS) is 12.4. The van der Waals surface area contributed by atoms with E-state index in [0.29, 0.717) is 6.61 Å². The van der Waals surface area contributed by atoms with E-state index in [1.807, 2.05) is 25.1 Å². The Kier molecular flexibility index (Phi) is 4.87. The highest BCUT2D eigenvalue weighted by molar-refractivity contribution is 9.11. The molecule has 0 fully saturated rings. The average Bonchev–Trinajstić information content (AvgIpc) is 2.69. The Morgan fingerprint density at radius 1 is 1.33 bits per heavy atom. The van der Waals surface area contributed by atoms with E-state index in [4.69, 9.17) is 4.74 Å². The van der Waals surface area contributed by atoms with Gasteiger partial charge in [0, 0.05) is 19.8 Å². The zero-order valence-electron chi connectivity index (χ0n) is 10.2. The Bertz CT molecular complexity index is 536. The lowest BCUT2D eigenvalue weighted by molar-refractivity contribution is 0.337. The Hall–Kier alpha value is -0.320. The van der Waals surface area contributed by atoms with E-state index in [-0.39, 0.29) is 4.83 Å². The van der Waals surface area contributed by atoms with E-state index >= 15 is 0 Å². The summed E-state index contributed by atoms with van der Waals surface area (Å²) in [5, 5.41) is 0. The number of para-hydroxylation sites is 1. The summed E-state index contributed by atoms with van der Waals surface area (Å²) in [6.45, 7) is 4.81. The van der Waals surface area contributed by atoms with E-state index in [1.54, 1.807) is 11.3 Å². The molecule has 2 aromatic rings. The van der Waals surface area contributed by atoms with Crippen molar-refractivity contribution < 1.29 is 4.74 Å². The van der Waals surface area contributed by atoms with Crippen LogP contribution < -0.4 is 4.74 Å². The Balaban J connectivity index is 2.39. The van der Waals surface area contributed by atoms with E-state index in [2.05, 4.69) is 50.9 Å². The first-order valence-corrected chi connectivity index (χ1v) is 8.27. The minimum Gasteiger partial charge on any atom is -0.494 e. The molecule has 0 N–H and O–H groups in total. The van der Waals surface area contributed by atoms with Gasteiger partial charge in [-0.05, 0) is 41.9 Å². The van der Waals surface area contributed by atoms with Gasteiger partial charge in [-0.15, -0.1) is 11.3 Å². The number of halogens is 2. The molecular formula is C14H14Br2OS. The van der Waals surface area contributed by atoms with Gasteiger partial charge in [-0.3, -0.25) is 0 Å². The lowest BCUT2D eigenvalue weighted by Gasteiger charge is -2.14. The molecular weight excluding hydrogens is 376 g/mol. The zero-order chi connectivity index (χ0) is 13.1. The van der Waals surface area contributed by atoms with E-state index < -0.39 is 0 Å². The van der Waals surface area contributed by atoms with Crippen molar-refractivity contribution in [3.05, 3.63) is 50.1 Å². The summed E-state index contributed by atoms with van der Waals surface area (Å²) in [5.41, 5.74) is 1.17. The molecule has 1 unspecified atom stereocenters. The molecule has 0 bridgehead atoms. The summed E-state index contributed by atoms with van der Waals surface area (Å²) >= 11 is 9.19. The standard InChI is InChI=1S/C14H14Br2OS/c1-3-17-12-7-5-4-6-10(12)13(16)14-11(15)8-9(2)18-14/h4-8,13H,3H2,1-2H3. The molecule has 0 saturated carbocycles. The molecule has 0 spiro atoms. The molecule has 4 heteroatoms. The van der Waals surface area contributed by atoms with Crippen molar-refractivity contribution >= 4 is 43.2 Å². The summed E-state index contributed by atoms with van der Waals surface area (Å²) in [6, 6.07) is 10.3. The minimum absolute atomic E-state index is 0.160. The summed E-state index contributed by atoms with van der Waals surface area (Å²) in [5.74, 6) is 0.944. The van der Waals surface area contributed by atoms with Crippen molar-refractivity contribution in [2.24, 2.45) is 0 Å². The third-order valence-corrected chi connectivity index (χ3v) is 5.85. The lowest BCUT2D eigenvalue weighted by atomic mass is 10.1. The summed E-state index contributed by atoms with van der Waals surface area (Å²) < 4.78 is 6.84. The van der Waals surface area contributed by atoms with Gasteiger partial charge < -0.3 is 4.74 Å². The maximum atomic E-state index is 5.69. The van der Waals surface area contributed by atoms with Crippen LogP contribution in [-0.4, -0.2) is 6.61 Å². The van der Waals surface area contributed by atoms with Crippen molar-refractivity contribution in [1.29, 1.82) is 0 Å². The van der Waals surface area contributed by atoms with Crippen LogP contribution in [0.4, 0.5) is 0 Å². The lowest BCUT2D eigenvalue weighted by Crippen LogP contribution is -1.98. The van der Waals surface area contributed by atoms with Gasteiger partial charge in [0.2, 0.25) is 0 Å². The molecule has 0 saturated heterocycles. The molecule has 1 aromatic heterocycles. The van der Waals surface area contributed by atoms with Crippen molar-refractivity contribution in [1.82, 2.24) is 0 Å². The van der Waals surface area contributed by atoms with Gasteiger partial charge in [0.1, 0.15) is 5.75 Å². The zero-order valence-corrected chi connectivity index (χ0v) is 14.2. The van der Waals surface area contributed by atoms with Gasteiger partial charge in [-0.1, -0.05) is 34.1 Å². The van der Waals surface area contributed by atoms with E-state index in [9.17, 15) is 0 Å². The van der Waals surface area contributed by atoms with Crippen LogP contribution in [0.2, 0.25) is 0 Å². The van der Waals surface area contributed by atoms with E-state index in [0.717, 1.165) is 10.2 Å². The Morgan fingerprint density at radius 2 is 2.06 bits per heavy atom. The molecule has 0 radical (unpaired) electrons. The first-order valence-electron chi connectivity index (χ1n) is 5.75. The smallest absolute Gasteiger partial charge is 0.123 e. The largest absolute Gasteiger partial charge is 0.494 e. The highest BCUT2D eigenvalue weighted by Crippen LogP contribution is 2.43. The molecule has 1 atom stereocenters. The van der Waals surface area contributed by atoms with Crippen molar-refractivity contribution in [2.45, 2.75) is 18.7 Å². The predicted molar refractivity (Wildman–Crippen MR) is 85.1 cm³/mol. The van der Waals surface area contributed by atoms with Crippen LogP contribution in [0.3, 0.4) is 0 Å². The number of hydrogen-bond donors (Lipinski definition) is 0. The number of aryl methyl sites for hydroxylation is 1. The van der Waals surface area contributed by atoms with Gasteiger partial charge in [0.25, 0.3) is 0 Å². The fraction of sp³-hybridized carbons (Fsp3) is 0.286. The maximum Gasteiger partial charge on any atom is 0.123 e. The van der Waals surface area contributed by atoms with Gasteiger partial charge in [-0.2, -0.15) is 0 Å². The second kappa shape index (κ2) is 6.22. The summed E-state index contributed by atoms with van der Waals surface area (Å²) in [4.78, 5) is 2.74. The molecule has 0 amide bonds. The van der Waals surface area contributed by atoms with Crippen LogP contribution in [-0.2, 0) is 0 Å². The number of rotatable bonds is 4. The van der Waals surface area contributed by atoms with Crippen LogP contribution in [0.1, 0.15) is 27.1 Å². The third-order valence-electron chi connectivity index (χ3n) is 2.56. The van der Waals surface area contributed by atoms with Crippen molar-refractivity contribution in [2.75, 3.05) is 6.61 Å². The predicted octanol–water partition coefficient (Wildman–Crippen LogP) is 5.70. The van der Waals surface area contributed by atoms with Gasteiger partial charge in [-0.25, -0.2) is 0 Å². The van der Waals surface area contributed by atoms with Crippen LogP contribution in [0, 0.1) is 6.92 Å². The monoisotopic (exact) mass is 388 g/mol. The quantitative estimate of drug-likeness (QED) is 0.609. The molecule has 0 aliphatic carbocycles. The molecule has 0 aliphatic rings. The van der Waals surface area contributed by atoms with Crippen LogP contribution in [0.15, 0.2) is 34.8 Å². The van der Waals surface area contributed by atoms with Crippen molar-refractivity contribution in [3.63, 3.8) is 0 Å². The molecule has 96 valence electrons. The maximum absolute atomic E-state index is 5.69. The van der Waals surface area contributed by atoms with Gasteiger partial charge in [0.05, 0.1) is 11.4 Å². The second-order valence-electron chi connectivity index (χ2n) is 3.90. The van der Waals surface area contributed by atoms with Crippen molar-refractivity contribution in [3.8, 4) is 5.75 Å². The highest BCUT2D eigenvalue weighted by atomic mass is 79.9. The van der Waals surface area contributed by atoms with Crippen LogP contribution in [0.5, 0.6) is 5.75 Å². The molecule has 1 aromatic carbocycles. The molecule has 1 nitrogen and oxygen atoms in total. The van der Waals surface area contributed by atoms with E-state index in [1.165, 1.54) is 15.3 Å². The number of hydrogen-bond acceptors (Lipinski definition) is 2. The van der Waals surface area contributed by atoms with Gasteiger partial charge in [0.15, 0.2) is 0 Å². The topological polar surface area (TPSA) is 9.23 Å². The molecule has 1 heterocycles. The molecule has 0 aliphatic heterocycles. The average molecular weight is 390 g/mol. The third kappa shape index (κ3) is 2.98.